The Morgan fingerprint density at radius 3 is 2.05 bits per heavy atom. The highest BCUT2D eigenvalue weighted by atomic mass is 16.6. The highest BCUT2D eigenvalue weighted by Gasteiger charge is 2.36. The van der Waals surface area contributed by atoms with Gasteiger partial charge in [0.2, 0.25) is 11.8 Å². The van der Waals surface area contributed by atoms with E-state index in [1.807, 2.05) is 68.4 Å². The monoisotopic (exact) mass is 593 g/mol. The molecule has 0 saturated carbocycles. The van der Waals surface area contributed by atoms with Crippen molar-refractivity contribution in [2.75, 3.05) is 6.54 Å². The molecule has 3 amide bonds. The van der Waals surface area contributed by atoms with Crippen LogP contribution in [0.3, 0.4) is 0 Å². The topological polar surface area (TPSA) is 87.7 Å². The van der Waals surface area contributed by atoms with Gasteiger partial charge in [0.15, 0.2) is 0 Å². The first-order chi connectivity index (χ1) is 20.4. The first-order valence-corrected chi connectivity index (χ1v) is 16.2. The van der Waals surface area contributed by atoms with Crippen molar-refractivity contribution in [3.63, 3.8) is 0 Å². The molecule has 2 unspecified atom stereocenters. The van der Waals surface area contributed by atoms with Crippen LogP contribution < -0.4 is 10.6 Å². The van der Waals surface area contributed by atoms with E-state index in [1.165, 1.54) is 6.42 Å². The van der Waals surface area contributed by atoms with Crippen LogP contribution in [0.2, 0.25) is 0 Å². The summed E-state index contributed by atoms with van der Waals surface area (Å²) < 4.78 is 5.52. The molecular weight excluding hydrogens is 538 g/mol. The molecule has 2 rings (SSSR count). The van der Waals surface area contributed by atoms with Crippen LogP contribution in [-0.2, 0) is 27.3 Å². The van der Waals surface area contributed by atoms with Gasteiger partial charge < -0.3 is 20.3 Å². The van der Waals surface area contributed by atoms with E-state index in [4.69, 9.17) is 4.74 Å². The average Bonchev–Trinajstić information content (AvgIpc) is 2.96. The summed E-state index contributed by atoms with van der Waals surface area (Å²) in [5.74, 6) is -0.380. The lowest BCUT2D eigenvalue weighted by Crippen LogP contribution is -2.53. The van der Waals surface area contributed by atoms with Gasteiger partial charge in [0.25, 0.3) is 0 Å². The normalized spacial score (nSPS) is 12.8. The van der Waals surface area contributed by atoms with Gasteiger partial charge in [-0.15, -0.1) is 0 Å². The number of carbonyl (C=O) groups is 3. The Labute approximate surface area is 260 Å². The second-order valence-electron chi connectivity index (χ2n) is 12.8. The summed E-state index contributed by atoms with van der Waals surface area (Å²) in [5.41, 5.74) is 2.19. The first kappa shape index (κ1) is 35.8. The Balaban J connectivity index is 2.46. The van der Waals surface area contributed by atoms with Gasteiger partial charge in [-0.05, 0) is 62.6 Å². The smallest absolute Gasteiger partial charge is 0.408 e. The highest BCUT2D eigenvalue weighted by molar-refractivity contribution is 5.92. The number of hydrogen-bond donors (Lipinski definition) is 2. The fourth-order valence-corrected chi connectivity index (χ4v) is 5.06. The van der Waals surface area contributed by atoms with Crippen LogP contribution >= 0.6 is 0 Å². The van der Waals surface area contributed by atoms with Crippen molar-refractivity contribution in [1.82, 2.24) is 15.5 Å². The van der Waals surface area contributed by atoms with Crippen molar-refractivity contribution in [1.29, 1.82) is 0 Å². The Morgan fingerprint density at radius 2 is 1.47 bits per heavy atom. The molecule has 0 aliphatic carbocycles. The third-order valence-corrected chi connectivity index (χ3v) is 7.31. The zero-order valence-corrected chi connectivity index (χ0v) is 27.6. The molecule has 238 valence electrons. The molecule has 0 aliphatic heterocycles. The maximum Gasteiger partial charge on any atom is 0.408 e. The number of carbonyl (C=O) groups excluding carboxylic acids is 3. The van der Waals surface area contributed by atoms with E-state index >= 15 is 0 Å². The van der Waals surface area contributed by atoms with E-state index in [-0.39, 0.29) is 17.7 Å². The minimum Gasteiger partial charge on any atom is -0.444 e. The van der Waals surface area contributed by atoms with Crippen LogP contribution in [0.5, 0.6) is 0 Å². The maximum atomic E-state index is 14.4. The summed E-state index contributed by atoms with van der Waals surface area (Å²) in [4.78, 5) is 43.0. The second kappa shape index (κ2) is 18.3. The number of amides is 3. The van der Waals surface area contributed by atoms with E-state index in [9.17, 15) is 14.4 Å². The van der Waals surface area contributed by atoms with Gasteiger partial charge in [0.1, 0.15) is 17.7 Å². The molecule has 7 heteroatoms. The van der Waals surface area contributed by atoms with Gasteiger partial charge in [0.05, 0.1) is 0 Å². The van der Waals surface area contributed by atoms with Gasteiger partial charge in [-0.2, -0.15) is 0 Å². The van der Waals surface area contributed by atoms with Gasteiger partial charge >= 0.3 is 6.09 Å². The van der Waals surface area contributed by atoms with Crippen LogP contribution in [0, 0.1) is 5.92 Å². The number of nitrogens with zero attached hydrogens (tertiary/aromatic N) is 1. The average molecular weight is 594 g/mol. The van der Waals surface area contributed by atoms with Crippen LogP contribution in [0.1, 0.15) is 116 Å². The second-order valence-corrected chi connectivity index (χ2v) is 12.8. The number of hydrogen-bond acceptors (Lipinski definition) is 4. The van der Waals surface area contributed by atoms with E-state index < -0.39 is 23.8 Å². The third kappa shape index (κ3) is 13.2. The van der Waals surface area contributed by atoms with Crippen molar-refractivity contribution in [3.05, 3.63) is 71.3 Å². The lowest BCUT2D eigenvalue weighted by Gasteiger charge is -2.35. The molecule has 2 aromatic carbocycles. The summed E-state index contributed by atoms with van der Waals surface area (Å²) in [6.45, 7) is 14.5. The summed E-state index contributed by atoms with van der Waals surface area (Å²) in [5, 5.41) is 5.93. The van der Waals surface area contributed by atoms with Crippen molar-refractivity contribution in [3.8, 4) is 0 Å². The number of alkyl carbamates (subject to hydrolysis) is 1. The van der Waals surface area contributed by atoms with E-state index in [1.54, 1.807) is 25.7 Å². The molecule has 0 fully saturated rings. The van der Waals surface area contributed by atoms with Gasteiger partial charge in [-0.1, -0.05) is 114 Å². The Kier molecular flexibility index (Phi) is 15.3. The predicted octanol–water partition coefficient (Wildman–Crippen LogP) is 7.74. The zero-order valence-electron chi connectivity index (χ0n) is 27.6. The van der Waals surface area contributed by atoms with Crippen LogP contribution in [-0.4, -0.2) is 41.0 Å². The summed E-state index contributed by atoms with van der Waals surface area (Å²) >= 11 is 0. The minimum atomic E-state index is -0.840. The number of benzene rings is 2. The van der Waals surface area contributed by atoms with Crippen molar-refractivity contribution in [2.45, 2.75) is 124 Å². The molecule has 0 aliphatic rings. The molecule has 2 aromatic rings. The third-order valence-electron chi connectivity index (χ3n) is 7.31. The van der Waals surface area contributed by atoms with Gasteiger partial charge in [0, 0.05) is 13.1 Å². The van der Waals surface area contributed by atoms with Crippen LogP contribution in [0.25, 0.3) is 0 Å². The number of ether oxygens (including phenoxy) is 1. The Bertz CT molecular complexity index is 1110. The van der Waals surface area contributed by atoms with Crippen molar-refractivity contribution >= 4 is 17.9 Å². The van der Waals surface area contributed by atoms with Crippen LogP contribution in [0.4, 0.5) is 4.79 Å². The molecule has 7 nitrogen and oxygen atoms in total. The van der Waals surface area contributed by atoms with Gasteiger partial charge in [-0.3, -0.25) is 9.59 Å². The molecule has 0 saturated heterocycles. The zero-order chi connectivity index (χ0) is 31.8. The lowest BCUT2D eigenvalue weighted by atomic mass is 9.97. The Morgan fingerprint density at radius 1 is 0.837 bits per heavy atom. The fraction of sp³-hybridized carbons (Fsp3) is 0.583. The molecule has 2 N–H and O–H groups in total. The highest BCUT2D eigenvalue weighted by Crippen LogP contribution is 2.26. The van der Waals surface area contributed by atoms with Crippen molar-refractivity contribution in [2.24, 2.45) is 5.92 Å². The molecule has 2 atom stereocenters. The Hall–Kier alpha value is -3.35. The first-order valence-electron chi connectivity index (χ1n) is 16.2. The molecule has 0 spiro atoms. The molecule has 0 heterocycles. The van der Waals surface area contributed by atoms with E-state index in [2.05, 4.69) is 24.5 Å². The summed E-state index contributed by atoms with van der Waals surface area (Å²) in [7, 11) is 0. The predicted molar refractivity (Wildman–Crippen MR) is 175 cm³/mol. The van der Waals surface area contributed by atoms with Gasteiger partial charge in [-0.25, -0.2) is 4.79 Å². The lowest BCUT2D eigenvalue weighted by molar-refractivity contribution is -0.143. The number of aryl methyl sites for hydroxylation is 1. The molecule has 0 radical (unpaired) electrons. The number of unbranched alkanes of at least 4 members (excludes halogenated alkanes) is 5. The summed E-state index contributed by atoms with van der Waals surface area (Å²) in [6, 6.07) is 16.0. The molecule has 0 aromatic heterocycles. The quantitative estimate of drug-likeness (QED) is 0.184. The largest absolute Gasteiger partial charge is 0.444 e. The molecule has 0 bridgehead atoms. The SMILES string of the molecule is CCCCCCCCN(C(=O)C(CC(C)C)NC(=O)OC(C)(C)C)C(C(=O)NCc1ccccc1)c1ccc(CC)cc1. The van der Waals surface area contributed by atoms with E-state index in [0.29, 0.717) is 19.5 Å². The molecular formula is C36H55N3O4. The number of nitrogens with one attached hydrogen (secondary N) is 2. The number of rotatable bonds is 17. The van der Waals surface area contributed by atoms with E-state index in [0.717, 1.165) is 55.2 Å². The van der Waals surface area contributed by atoms with Crippen LogP contribution in [0.15, 0.2) is 54.6 Å². The fourth-order valence-electron chi connectivity index (χ4n) is 5.06. The minimum absolute atomic E-state index is 0.133. The molecule has 43 heavy (non-hydrogen) atoms. The maximum absolute atomic E-state index is 14.4. The standard InChI is InChI=1S/C36H55N3O4/c1-8-10-11-12-13-17-24-39(34(41)31(25-27(3)4)38-35(42)43-36(5,6)7)32(30-22-20-28(9-2)21-23-30)33(40)37-26-29-18-15-14-16-19-29/h14-16,18-23,27,31-32H,8-13,17,24-26H2,1-7H3,(H,37,40)(H,38,42). The van der Waals surface area contributed by atoms with Crippen molar-refractivity contribution < 1.29 is 19.1 Å². The summed E-state index contributed by atoms with van der Waals surface area (Å²) in [6.07, 6.45) is 6.99.